The van der Waals surface area contributed by atoms with Gasteiger partial charge in [-0.2, -0.15) is 0 Å². The quantitative estimate of drug-likeness (QED) is 0.624. The number of benzene rings is 2. The molecule has 24 heavy (non-hydrogen) atoms. The Morgan fingerprint density at radius 3 is 2.83 bits per heavy atom. The highest BCUT2D eigenvalue weighted by Crippen LogP contribution is 2.16. The lowest BCUT2D eigenvalue weighted by Gasteiger charge is -2.11. The molecule has 3 rings (SSSR count). The number of methoxy groups -OCH3 is 1. The molecule has 0 aliphatic heterocycles. The number of anilines is 1. The third-order valence-electron chi connectivity index (χ3n) is 3.27. The predicted octanol–water partition coefficient (Wildman–Crippen LogP) is 4.08. The van der Waals surface area contributed by atoms with Crippen molar-refractivity contribution in [1.29, 1.82) is 0 Å². The van der Waals surface area contributed by atoms with Crippen LogP contribution in [0.1, 0.15) is 19.4 Å². The van der Waals surface area contributed by atoms with Crippen LogP contribution in [0.15, 0.2) is 48.8 Å². The first kappa shape index (κ1) is 17.7. The summed E-state index contributed by atoms with van der Waals surface area (Å²) in [5, 5.41) is 6.91. The summed E-state index contributed by atoms with van der Waals surface area (Å²) in [7, 11) is 1.66. The van der Waals surface area contributed by atoms with Gasteiger partial charge in [0.05, 0.1) is 24.5 Å². The molecule has 0 amide bonds. The third kappa shape index (κ3) is 4.70. The maximum Gasteiger partial charge on any atom is 0.171 e. The molecule has 0 radical (unpaired) electrons. The van der Waals surface area contributed by atoms with Crippen molar-refractivity contribution in [3.8, 4) is 5.75 Å². The van der Waals surface area contributed by atoms with Gasteiger partial charge in [0.15, 0.2) is 5.11 Å². The van der Waals surface area contributed by atoms with Crippen molar-refractivity contribution in [1.82, 2.24) is 15.3 Å². The van der Waals surface area contributed by atoms with Crippen LogP contribution < -0.4 is 15.4 Å². The van der Waals surface area contributed by atoms with Gasteiger partial charge in [0, 0.05) is 12.2 Å². The number of aromatic amines is 1. The number of hydrogen-bond acceptors (Lipinski definition) is 3. The van der Waals surface area contributed by atoms with Gasteiger partial charge in [-0.25, -0.2) is 4.98 Å². The second-order valence-electron chi connectivity index (χ2n) is 4.79. The summed E-state index contributed by atoms with van der Waals surface area (Å²) in [6.07, 6.45) is 1.67. The summed E-state index contributed by atoms with van der Waals surface area (Å²) >= 11 is 5.32. The second kappa shape index (κ2) is 8.88. The Balaban J connectivity index is 0.00000100. The summed E-state index contributed by atoms with van der Waals surface area (Å²) in [5.41, 5.74) is 3.92. The van der Waals surface area contributed by atoms with Crippen molar-refractivity contribution in [2.75, 3.05) is 12.4 Å². The number of thiocarbonyl (C=S) groups is 1. The highest BCUT2D eigenvalue weighted by Gasteiger charge is 2.02. The van der Waals surface area contributed by atoms with Crippen LogP contribution in [0.2, 0.25) is 0 Å². The highest BCUT2D eigenvalue weighted by molar-refractivity contribution is 7.80. The van der Waals surface area contributed by atoms with E-state index in [9.17, 15) is 0 Å². The van der Waals surface area contributed by atoms with Gasteiger partial charge in [0.2, 0.25) is 0 Å². The SMILES string of the molecule is CC.COc1cccc(CNC(=S)Nc2ccc3nc[nH]c3c2)c1. The molecule has 126 valence electrons. The summed E-state index contributed by atoms with van der Waals surface area (Å²) in [5.74, 6) is 0.836. The minimum absolute atomic E-state index is 0.571. The number of H-pyrrole nitrogens is 1. The second-order valence-corrected chi connectivity index (χ2v) is 5.20. The maximum atomic E-state index is 5.32. The predicted molar refractivity (Wildman–Crippen MR) is 103 cm³/mol. The molecular weight excluding hydrogens is 320 g/mol. The molecule has 0 bridgehead atoms. The molecule has 0 saturated carbocycles. The van der Waals surface area contributed by atoms with Crippen LogP contribution in [0.4, 0.5) is 5.69 Å². The van der Waals surface area contributed by atoms with Gasteiger partial charge in [-0.15, -0.1) is 0 Å². The first-order chi connectivity index (χ1) is 11.7. The molecule has 1 aromatic heterocycles. The smallest absolute Gasteiger partial charge is 0.171 e. The van der Waals surface area contributed by atoms with E-state index in [1.807, 2.05) is 56.3 Å². The normalized spacial score (nSPS) is 9.79. The van der Waals surface area contributed by atoms with Crippen molar-refractivity contribution in [2.24, 2.45) is 0 Å². The van der Waals surface area contributed by atoms with Gasteiger partial charge in [0.1, 0.15) is 5.75 Å². The fraction of sp³-hybridized carbons (Fsp3) is 0.222. The average Bonchev–Trinajstić information content (AvgIpc) is 3.09. The molecule has 5 nitrogen and oxygen atoms in total. The van der Waals surface area contributed by atoms with E-state index in [0.29, 0.717) is 11.7 Å². The first-order valence-corrected chi connectivity index (χ1v) is 8.26. The summed E-state index contributed by atoms with van der Waals surface area (Å²) in [4.78, 5) is 7.26. The van der Waals surface area contributed by atoms with Crippen molar-refractivity contribution < 1.29 is 4.74 Å². The van der Waals surface area contributed by atoms with Crippen LogP contribution in [-0.4, -0.2) is 22.2 Å². The van der Waals surface area contributed by atoms with E-state index in [1.54, 1.807) is 13.4 Å². The van der Waals surface area contributed by atoms with Crippen LogP contribution in [0.25, 0.3) is 11.0 Å². The summed E-state index contributed by atoms with van der Waals surface area (Å²) in [6, 6.07) is 13.7. The number of hydrogen-bond donors (Lipinski definition) is 3. The van der Waals surface area contributed by atoms with Gasteiger partial charge in [-0.05, 0) is 48.1 Å². The topological polar surface area (TPSA) is 62.0 Å². The summed E-state index contributed by atoms with van der Waals surface area (Å²) < 4.78 is 5.20. The monoisotopic (exact) mass is 342 g/mol. The first-order valence-electron chi connectivity index (χ1n) is 7.85. The van der Waals surface area contributed by atoms with E-state index in [0.717, 1.165) is 28.0 Å². The lowest BCUT2D eigenvalue weighted by atomic mass is 10.2. The molecular formula is C18H22N4OS. The van der Waals surface area contributed by atoms with Crippen molar-refractivity contribution >= 4 is 34.1 Å². The van der Waals surface area contributed by atoms with E-state index in [4.69, 9.17) is 17.0 Å². The minimum atomic E-state index is 0.571. The Kier molecular flexibility index (Phi) is 6.57. The molecule has 0 spiro atoms. The largest absolute Gasteiger partial charge is 0.497 e. The van der Waals surface area contributed by atoms with Crippen LogP contribution in [0.5, 0.6) is 5.75 Å². The molecule has 3 aromatic rings. The molecule has 0 aliphatic carbocycles. The van der Waals surface area contributed by atoms with Crippen molar-refractivity contribution in [3.05, 3.63) is 54.4 Å². The van der Waals surface area contributed by atoms with Crippen LogP contribution >= 0.6 is 12.2 Å². The molecule has 1 heterocycles. The third-order valence-corrected chi connectivity index (χ3v) is 3.51. The number of imidazole rings is 1. The number of fused-ring (bicyclic) bond motifs is 1. The zero-order valence-corrected chi connectivity index (χ0v) is 14.9. The van der Waals surface area contributed by atoms with Gasteiger partial charge in [-0.3, -0.25) is 0 Å². The van der Waals surface area contributed by atoms with Gasteiger partial charge in [-0.1, -0.05) is 26.0 Å². The lowest BCUT2D eigenvalue weighted by molar-refractivity contribution is 0.414. The maximum absolute atomic E-state index is 5.32. The van der Waals surface area contributed by atoms with E-state index in [-0.39, 0.29) is 0 Å². The van der Waals surface area contributed by atoms with Crippen LogP contribution in [0, 0.1) is 0 Å². The molecule has 6 heteroatoms. The molecule has 0 unspecified atom stereocenters. The van der Waals surface area contributed by atoms with E-state index < -0.39 is 0 Å². The van der Waals surface area contributed by atoms with Crippen molar-refractivity contribution in [3.63, 3.8) is 0 Å². The molecule has 2 aromatic carbocycles. The number of ether oxygens (including phenoxy) is 1. The molecule has 0 atom stereocenters. The standard InChI is InChI=1S/C16H16N4OS.C2H6/c1-21-13-4-2-3-11(7-13)9-17-16(22)20-12-5-6-14-15(8-12)19-10-18-14;1-2/h2-8,10H,9H2,1H3,(H,18,19)(H2,17,20,22);1-2H3. The zero-order chi connectivity index (χ0) is 17.4. The summed E-state index contributed by atoms with van der Waals surface area (Å²) in [6.45, 7) is 4.63. The fourth-order valence-electron chi connectivity index (χ4n) is 2.15. The van der Waals surface area contributed by atoms with Crippen LogP contribution in [0.3, 0.4) is 0 Å². The number of nitrogens with zero attached hydrogens (tertiary/aromatic N) is 1. The van der Waals surface area contributed by atoms with Gasteiger partial charge in [0.25, 0.3) is 0 Å². The van der Waals surface area contributed by atoms with Gasteiger partial charge >= 0.3 is 0 Å². The Morgan fingerprint density at radius 2 is 2.04 bits per heavy atom. The Labute approximate surface area is 147 Å². The fourth-order valence-corrected chi connectivity index (χ4v) is 2.34. The van der Waals surface area contributed by atoms with Gasteiger partial charge < -0.3 is 20.4 Å². The number of aromatic nitrogens is 2. The average molecular weight is 342 g/mol. The Bertz CT molecular complexity index is 800. The molecule has 3 N–H and O–H groups in total. The Morgan fingerprint density at radius 1 is 1.21 bits per heavy atom. The van der Waals surface area contributed by atoms with E-state index in [2.05, 4.69) is 20.6 Å². The molecule has 0 fully saturated rings. The zero-order valence-electron chi connectivity index (χ0n) is 14.1. The Hall–Kier alpha value is -2.60. The lowest BCUT2D eigenvalue weighted by Crippen LogP contribution is -2.27. The molecule has 0 saturated heterocycles. The number of nitrogens with one attached hydrogen (secondary N) is 3. The highest BCUT2D eigenvalue weighted by atomic mass is 32.1. The number of rotatable bonds is 4. The minimum Gasteiger partial charge on any atom is -0.497 e. The van der Waals surface area contributed by atoms with E-state index in [1.165, 1.54) is 0 Å². The molecule has 0 aliphatic rings. The van der Waals surface area contributed by atoms with Crippen LogP contribution in [-0.2, 0) is 6.54 Å². The van der Waals surface area contributed by atoms with E-state index >= 15 is 0 Å². The van der Waals surface area contributed by atoms with Crippen molar-refractivity contribution in [2.45, 2.75) is 20.4 Å².